The van der Waals surface area contributed by atoms with Gasteiger partial charge in [0, 0.05) is 6.42 Å². The zero-order valence-corrected chi connectivity index (χ0v) is 19.9. The molecular weight excluding hydrogens is 404 g/mol. The van der Waals surface area contributed by atoms with Gasteiger partial charge in [0.05, 0.1) is 6.10 Å². The highest BCUT2D eigenvalue weighted by molar-refractivity contribution is 5.78. The molecule has 1 aliphatic heterocycles. The van der Waals surface area contributed by atoms with Crippen LogP contribution in [0.4, 0.5) is 0 Å². The minimum atomic E-state index is -1.46. The molecule has 5 heteroatoms. The van der Waals surface area contributed by atoms with E-state index < -0.39 is 11.6 Å². The van der Waals surface area contributed by atoms with Crippen LogP contribution in [0.5, 0.6) is 0 Å². The Morgan fingerprint density at radius 3 is 2.75 bits per heavy atom. The molecule has 0 aromatic carbocycles. The number of hydrogen-bond acceptors (Lipinski definition) is 5. The molecule has 0 spiro atoms. The molecule has 178 valence electrons. The largest absolute Gasteiger partial charge is 0.393 e. The van der Waals surface area contributed by atoms with E-state index in [1.54, 1.807) is 5.57 Å². The molecule has 4 rings (SSSR count). The van der Waals surface area contributed by atoms with Crippen LogP contribution in [0, 0.1) is 23.2 Å². The van der Waals surface area contributed by atoms with Crippen molar-refractivity contribution in [3.63, 3.8) is 0 Å². The minimum absolute atomic E-state index is 0.236. The lowest BCUT2D eigenvalue weighted by atomic mass is 9.60. The van der Waals surface area contributed by atoms with Crippen LogP contribution in [-0.4, -0.2) is 34.0 Å². The van der Waals surface area contributed by atoms with Crippen LogP contribution in [0.15, 0.2) is 35.5 Å². The highest BCUT2D eigenvalue weighted by Crippen LogP contribution is 2.60. The highest BCUT2D eigenvalue weighted by atomic mass is 17.2. The lowest BCUT2D eigenvalue weighted by Crippen LogP contribution is -2.47. The van der Waals surface area contributed by atoms with Gasteiger partial charge in [0.25, 0.3) is 0 Å². The quantitative estimate of drug-likeness (QED) is 0.584. The van der Waals surface area contributed by atoms with Crippen molar-refractivity contribution in [1.29, 1.82) is 0 Å². The van der Waals surface area contributed by atoms with Crippen LogP contribution in [0.25, 0.3) is 0 Å². The average Bonchev–Trinajstić information content (AvgIpc) is 3.09. The number of carbonyl (C=O) groups excluding carboxylic acids is 1. The summed E-state index contributed by atoms with van der Waals surface area (Å²) >= 11 is 0. The summed E-state index contributed by atoms with van der Waals surface area (Å²) in [7, 11) is 0. The Morgan fingerprint density at radius 2 is 2.00 bits per heavy atom. The van der Waals surface area contributed by atoms with Crippen molar-refractivity contribution in [2.24, 2.45) is 23.2 Å². The zero-order chi connectivity index (χ0) is 23.1. The first-order valence-corrected chi connectivity index (χ1v) is 12.5. The van der Waals surface area contributed by atoms with Crippen molar-refractivity contribution in [3.05, 3.63) is 35.5 Å². The Labute approximate surface area is 192 Å². The summed E-state index contributed by atoms with van der Waals surface area (Å²) in [6.07, 6.45) is 13.6. The Hall–Kier alpha value is -1.43. The third-order valence-corrected chi connectivity index (χ3v) is 8.87. The third kappa shape index (κ3) is 4.62. The predicted octanol–water partition coefficient (Wildman–Crippen LogP) is 5.18. The first kappa shape index (κ1) is 23.7. The molecule has 32 heavy (non-hydrogen) atoms. The Morgan fingerprint density at radius 1 is 1.22 bits per heavy atom. The molecule has 2 N–H and O–H groups in total. The molecule has 0 aromatic heterocycles. The Bertz CT molecular complexity index is 809. The van der Waals surface area contributed by atoms with E-state index in [4.69, 9.17) is 9.78 Å². The summed E-state index contributed by atoms with van der Waals surface area (Å²) in [6, 6.07) is 0. The van der Waals surface area contributed by atoms with E-state index in [2.05, 4.69) is 32.6 Å². The molecule has 0 radical (unpaired) electrons. The van der Waals surface area contributed by atoms with E-state index in [1.807, 2.05) is 0 Å². The molecular formula is C27H40O5. The second-order valence-electron chi connectivity index (χ2n) is 11.3. The first-order chi connectivity index (χ1) is 15.1. The molecule has 1 saturated heterocycles. The molecule has 4 fully saturated rings. The number of fused-ring (bicyclic) bond motifs is 1. The van der Waals surface area contributed by atoms with Gasteiger partial charge >= 0.3 is 5.97 Å². The molecule has 0 amide bonds. The van der Waals surface area contributed by atoms with Gasteiger partial charge in [-0.25, -0.2) is 4.79 Å². The van der Waals surface area contributed by atoms with Crippen molar-refractivity contribution in [3.8, 4) is 0 Å². The molecule has 5 nitrogen and oxygen atoms in total. The van der Waals surface area contributed by atoms with E-state index in [1.165, 1.54) is 43.8 Å². The fourth-order valence-corrected chi connectivity index (χ4v) is 7.07. The number of rotatable bonds is 4. The number of aliphatic hydroxyl groups is 2. The fourth-order valence-electron chi connectivity index (χ4n) is 7.07. The van der Waals surface area contributed by atoms with Crippen molar-refractivity contribution in [2.75, 3.05) is 0 Å². The standard InChI is InChI=1S/C27H40O5/c1-17-7-10-21(28)15-20(17)9-8-19-6-5-13-26(3)23(11-12-24(19)26)18(2)14-22-16-27(4,30)25(29)32-31-22/h8-9,18,21-24,28,30H,1,5-7,10-16H2,2-4H3/b19-8+,20-9+/t18-,21+,22+,23-,24+,26-,27-/m1/s1. The predicted molar refractivity (Wildman–Crippen MR) is 123 cm³/mol. The molecule has 3 saturated carbocycles. The lowest BCUT2D eigenvalue weighted by molar-refractivity contribution is -0.337. The zero-order valence-electron chi connectivity index (χ0n) is 19.9. The molecule has 0 bridgehead atoms. The topological polar surface area (TPSA) is 76.0 Å². The summed E-state index contributed by atoms with van der Waals surface area (Å²) in [5, 5.41) is 20.3. The Kier molecular flexibility index (Phi) is 6.73. The molecule has 7 atom stereocenters. The van der Waals surface area contributed by atoms with Crippen molar-refractivity contribution < 1.29 is 24.8 Å². The number of carbonyl (C=O) groups is 1. The van der Waals surface area contributed by atoms with Crippen LogP contribution >= 0.6 is 0 Å². The van der Waals surface area contributed by atoms with E-state index in [9.17, 15) is 15.0 Å². The second kappa shape index (κ2) is 9.08. The summed E-state index contributed by atoms with van der Waals surface area (Å²) in [4.78, 5) is 21.8. The Balaban J connectivity index is 1.45. The van der Waals surface area contributed by atoms with Gasteiger partial charge in [-0.1, -0.05) is 43.7 Å². The summed E-state index contributed by atoms with van der Waals surface area (Å²) in [5.74, 6) is 0.907. The second-order valence-corrected chi connectivity index (χ2v) is 11.3. The lowest BCUT2D eigenvalue weighted by Gasteiger charge is -2.45. The van der Waals surface area contributed by atoms with E-state index in [-0.39, 0.29) is 24.0 Å². The molecule has 3 aliphatic carbocycles. The molecule has 1 heterocycles. The SMILES string of the molecule is C=C1CC[C@H](O)C/C1=C\C=C1/CCC[C@]2(C)[C@@H]([C@H](C)C[C@H]3C[C@@](C)(O)C(=O)OO3)CC[C@@H]12. The maximum atomic E-state index is 11.7. The van der Waals surface area contributed by atoms with Gasteiger partial charge < -0.3 is 10.2 Å². The molecule has 4 aliphatic rings. The van der Waals surface area contributed by atoms with Crippen molar-refractivity contribution in [2.45, 2.75) is 103 Å². The normalized spacial score (nSPS) is 43.9. The van der Waals surface area contributed by atoms with Crippen LogP contribution < -0.4 is 0 Å². The number of allylic oxidation sites excluding steroid dienone is 4. The van der Waals surface area contributed by atoms with Gasteiger partial charge in [0.1, 0.15) is 6.10 Å². The average molecular weight is 445 g/mol. The van der Waals surface area contributed by atoms with Crippen LogP contribution in [0.1, 0.15) is 85.0 Å². The summed E-state index contributed by atoms with van der Waals surface area (Å²) in [6.45, 7) is 10.5. The van der Waals surface area contributed by atoms with Gasteiger partial charge in [0.2, 0.25) is 0 Å². The van der Waals surface area contributed by atoms with E-state index in [0.29, 0.717) is 17.8 Å². The smallest absolute Gasteiger partial charge is 0.373 e. The van der Waals surface area contributed by atoms with Gasteiger partial charge in [0.15, 0.2) is 5.60 Å². The molecule has 0 aromatic rings. The summed E-state index contributed by atoms with van der Waals surface area (Å²) in [5.41, 5.74) is 2.74. The van der Waals surface area contributed by atoms with E-state index >= 15 is 0 Å². The maximum absolute atomic E-state index is 11.7. The first-order valence-electron chi connectivity index (χ1n) is 12.5. The summed E-state index contributed by atoms with van der Waals surface area (Å²) < 4.78 is 0. The fraction of sp³-hybridized carbons (Fsp3) is 0.741. The van der Waals surface area contributed by atoms with Gasteiger partial charge in [-0.3, -0.25) is 4.89 Å². The maximum Gasteiger partial charge on any atom is 0.373 e. The van der Waals surface area contributed by atoms with Crippen molar-refractivity contribution in [1.82, 2.24) is 0 Å². The minimum Gasteiger partial charge on any atom is -0.393 e. The highest BCUT2D eigenvalue weighted by Gasteiger charge is 2.51. The molecule has 0 unspecified atom stereocenters. The van der Waals surface area contributed by atoms with Gasteiger partial charge in [-0.2, -0.15) is 4.89 Å². The van der Waals surface area contributed by atoms with Crippen LogP contribution in [-0.2, 0) is 14.6 Å². The van der Waals surface area contributed by atoms with Gasteiger partial charge in [-0.05, 0) is 93.5 Å². The van der Waals surface area contributed by atoms with Crippen molar-refractivity contribution >= 4 is 5.97 Å². The monoisotopic (exact) mass is 444 g/mol. The van der Waals surface area contributed by atoms with Crippen LogP contribution in [0.2, 0.25) is 0 Å². The van der Waals surface area contributed by atoms with Gasteiger partial charge in [-0.15, -0.1) is 0 Å². The third-order valence-electron chi connectivity index (χ3n) is 8.87. The number of aliphatic hydroxyl groups excluding tert-OH is 1. The number of hydrogen-bond donors (Lipinski definition) is 2. The van der Waals surface area contributed by atoms with E-state index in [0.717, 1.165) is 32.1 Å². The van der Waals surface area contributed by atoms with Crippen LogP contribution in [0.3, 0.4) is 0 Å².